The molecule has 1 aromatic carbocycles. The first kappa shape index (κ1) is 17.3. The number of rotatable bonds is 7. The molecule has 1 N–H and O–H groups in total. The van der Waals surface area contributed by atoms with Gasteiger partial charge in [-0.15, -0.1) is 0 Å². The number of ether oxygens (including phenoxy) is 1. The van der Waals surface area contributed by atoms with Crippen LogP contribution >= 0.6 is 11.6 Å². The molecule has 2 rings (SSSR count). The van der Waals surface area contributed by atoms with Crippen LogP contribution in [0.1, 0.15) is 24.6 Å². The van der Waals surface area contributed by atoms with Gasteiger partial charge in [0, 0.05) is 24.7 Å². The molecule has 1 aromatic heterocycles. The number of nitrogens with zero attached hydrogens (tertiary/aromatic N) is 2. The van der Waals surface area contributed by atoms with E-state index >= 15 is 0 Å². The fourth-order valence-corrected chi connectivity index (χ4v) is 2.40. The molecule has 2 aromatic rings. The summed E-state index contributed by atoms with van der Waals surface area (Å²) in [7, 11) is 1.88. The van der Waals surface area contributed by atoms with Gasteiger partial charge < -0.3 is 10.1 Å². The maximum Gasteiger partial charge on any atom is 0.220 e. The minimum Gasteiger partial charge on any atom is -0.489 e. The van der Waals surface area contributed by atoms with Crippen molar-refractivity contribution in [2.75, 3.05) is 6.54 Å². The Balaban J connectivity index is 1.71. The quantitative estimate of drug-likeness (QED) is 0.846. The van der Waals surface area contributed by atoms with Crippen LogP contribution < -0.4 is 10.1 Å². The summed E-state index contributed by atoms with van der Waals surface area (Å²) in [6.07, 6.45) is 2.98. The molecule has 0 radical (unpaired) electrons. The summed E-state index contributed by atoms with van der Waals surface area (Å²) < 4.78 is 7.49. The van der Waals surface area contributed by atoms with E-state index in [9.17, 15) is 4.79 Å². The van der Waals surface area contributed by atoms with E-state index in [2.05, 4.69) is 10.4 Å². The minimum absolute atomic E-state index is 0.0137. The second kappa shape index (κ2) is 8.02. The molecule has 0 bridgehead atoms. The lowest BCUT2D eigenvalue weighted by atomic mass is 10.1. The van der Waals surface area contributed by atoms with Crippen LogP contribution in [0.25, 0.3) is 0 Å². The fraction of sp³-hybridized carbons (Fsp3) is 0.412. The van der Waals surface area contributed by atoms with Crippen molar-refractivity contribution in [2.24, 2.45) is 7.05 Å². The number of halogens is 1. The van der Waals surface area contributed by atoms with Crippen LogP contribution in [0, 0.1) is 6.92 Å². The summed E-state index contributed by atoms with van der Waals surface area (Å²) in [5.41, 5.74) is 2.08. The number of nitrogens with one attached hydrogen (secondary N) is 1. The molecular formula is C17H22ClN3O2. The van der Waals surface area contributed by atoms with Crippen molar-refractivity contribution in [3.63, 3.8) is 0 Å². The maximum atomic E-state index is 11.9. The molecule has 124 valence electrons. The minimum atomic E-state index is -0.111. The van der Waals surface area contributed by atoms with Crippen LogP contribution in [0.3, 0.4) is 0 Å². The summed E-state index contributed by atoms with van der Waals surface area (Å²) >= 11 is 5.83. The zero-order valence-corrected chi connectivity index (χ0v) is 14.4. The van der Waals surface area contributed by atoms with Crippen molar-refractivity contribution in [3.05, 3.63) is 46.7 Å². The van der Waals surface area contributed by atoms with Gasteiger partial charge in [0.15, 0.2) is 0 Å². The van der Waals surface area contributed by atoms with Gasteiger partial charge in [-0.3, -0.25) is 9.48 Å². The van der Waals surface area contributed by atoms with Crippen molar-refractivity contribution in [2.45, 2.75) is 32.8 Å². The molecule has 0 aliphatic rings. The van der Waals surface area contributed by atoms with Gasteiger partial charge in [0.05, 0.1) is 12.2 Å². The van der Waals surface area contributed by atoms with Crippen LogP contribution in [-0.2, 0) is 18.3 Å². The van der Waals surface area contributed by atoms with Crippen molar-refractivity contribution < 1.29 is 9.53 Å². The van der Waals surface area contributed by atoms with E-state index in [0.29, 0.717) is 24.4 Å². The molecule has 6 heteroatoms. The number of hydrogen-bond acceptors (Lipinski definition) is 3. The molecule has 0 saturated carbocycles. The van der Waals surface area contributed by atoms with Crippen LogP contribution in [-0.4, -0.2) is 28.3 Å². The highest BCUT2D eigenvalue weighted by molar-refractivity contribution is 6.30. The average Bonchev–Trinajstić information content (AvgIpc) is 2.83. The van der Waals surface area contributed by atoms with Crippen molar-refractivity contribution in [1.82, 2.24) is 15.1 Å². The molecule has 1 unspecified atom stereocenters. The SMILES string of the molecule is Cc1nn(C)cc1CCC(=O)NCC(C)Oc1ccc(Cl)cc1. The average molecular weight is 336 g/mol. The Kier molecular flexibility index (Phi) is 6.04. The second-order valence-electron chi connectivity index (χ2n) is 5.60. The number of hydrogen-bond donors (Lipinski definition) is 1. The highest BCUT2D eigenvalue weighted by atomic mass is 35.5. The molecule has 1 amide bonds. The number of benzene rings is 1. The number of carbonyl (C=O) groups excluding carboxylic acids is 1. The van der Waals surface area contributed by atoms with Gasteiger partial charge in [0.25, 0.3) is 0 Å². The lowest BCUT2D eigenvalue weighted by molar-refractivity contribution is -0.121. The summed E-state index contributed by atoms with van der Waals surface area (Å²) in [5, 5.41) is 7.84. The van der Waals surface area contributed by atoms with Crippen molar-refractivity contribution in [1.29, 1.82) is 0 Å². The van der Waals surface area contributed by atoms with Gasteiger partial charge in [0.2, 0.25) is 5.91 Å². The molecule has 1 atom stereocenters. The second-order valence-corrected chi connectivity index (χ2v) is 6.04. The largest absolute Gasteiger partial charge is 0.489 e. The molecule has 0 aliphatic heterocycles. The summed E-state index contributed by atoms with van der Waals surface area (Å²) in [6, 6.07) is 7.18. The summed E-state index contributed by atoms with van der Waals surface area (Å²) in [4.78, 5) is 11.9. The predicted molar refractivity (Wildman–Crippen MR) is 90.8 cm³/mol. The first-order valence-corrected chi connectivity index (χ1v) is 8.00. The molecule has 0 fully saturated rings. The molecule has 23 heavy (non-hydrogen) atoms. The van der Waals surface area contributed by atoms with Gasteiger partial charge in [-0.25, -0.2) is 0 Å². The third-order valence-corrected chi connectivity index (χ3v) is 3.73. The Morgan fingerprint density at radius 2 is 2.09 bits per heavy atom. The Bertz CT molecular complexity index is 652. The Hall–Kier alpha value is -2.01. The molecule has 5 nitrogen and oxygen atoms in total. The van der Waals surface area contributed by atoms with E-state index < -0.39 is 0 Å². The summed E-state index contributed by atoms with van der Waals surface area (Å²) in [6.45, 7) is 4.34. The highest BCUT2D eigenvalue weighted by Gasteiger charge is 2.09. The number of carbonyl (C=O) groups is 1. The number of aryl methyl sites for hydroxylation is 3. The Morgan fingerprint density at radius 3 is 2.70 bits per heavy atom. The lowest BCUT2D eigenvalue weighted by Crippen LogP contribution is -2.33. The Labute approximate surface area is 141 Å². The first-order chi connectivity index (χ1) is 10.9. The van der Waals surface area contributed by atoms with E-state index in [1.54, 1.807) is 16.8 Å². The fourth-order valence-electron chi connectivity index (χ4n) is 2.28. The third-order valence-electron chi connectivity index (χ3n) is 3.47. The summed E-state index contributed by atoms with van der Waals surface area (Å²) in [5.74, 6) is 0.752. The number of amides is 1. The van der Waals surface area contributed by atoms with E-state index in [-0.39, 0.29) is 12.0 Å². The zero-order valence-electron chi connectivity index (χ0n) is 13.7. The van der Waals surface area contributed by atoms with E-state index in [1.165, 1.54) is 0 Å². The monoisotopic (exact) mass is 335 g/mol. The lowest BCUT2D eigenvalue weighted by Gasteiger charge is -2.15. The van der Waals surface area contributed by atoms with Gasteiger partial charge >= 0.3 is 0 Å². The van der Waals surface area contributed by atoms with Crippen LogP contribution in [0.15, 0.2) is 30.5 Å². The molecular weight excluding hydrogens is 314 g/mol. The normalized spacial score (nSPS) is 12.0. The third kappa shape index (κ3) is 5.60. The molecule has 0 spiro atoms. The van der Waals surface area contributed by atoms with E-state index in [1.807, 2.05) is 39.2 Å². The Morgan fingerprint density at radius 1 is 1.39 bits per heavy atom. The van der Waals surface area contributed by atoms with Gasteiger partial charge in [0.1, 0.15) is 11.9 Å². The van der Waals surface area contributed by atoms with E-state index in [4.69, 9.17) is 16.3 Å². The topological polar surface area (TPSA) is 56.2 Å². The maximum absolute atomic E-state index is 11.9. The molecule has 1 heterocycles. The van der Waals surface area contributed by atoms with Crippen molar-refractivity contribution >= 4 is 17.5 Å². The first-order valence-electron chi connectivity index (χ1n) is 7.62. The van der Waals surface area contributed by atoms with Gasteiger partial charge in [-0.1, -0.05) is 11.6 Å². The predicted octanol–water partition coefficient (Wildman–Crippen LogP) is 2.90. The van der Waals surface area contributed by atoms with E-state index in [0.717, 1.165) is 17.0 Å². The zero-order chi connectivity index (χ0) is 16.8. The van der Waals surface area contributed by atoms with Crippen LogP contribution in [0.2, 0.25) is 5.02 Å². The standard InChI is InChI=1S/C17H22ClN3O2/c1-12(23-16-7-5-15(18)6-8-16)10-19-17(22)9-4-14-11-21(3)20-13(14)2/h5-8,11-12H,4,9-10H2,1-3H3,(H,19,22). The van der Waals surface area contributed by atoms with Crippen LogP contribution in [0.4, 0.5) is 0 Å². The highest BCUT2D eigenvalue weighted by Crippen LogP contribution is 2.16. The van der Waals surface area contributed by atoms with Gasteiger partial charge in [-0.05, 0) is 50.1 Å². The van der Waals surface area contributed by atoms with Crippen LogP contribution in [0.5, 0.6) is 5.75 Å². The smallest absolute Gasteiger partial charge is 0.220 e. The molecule has 0 aliphatic carbocycles. The van der Waals surface area contributed by atoms with Gasteiger partial charge in [-0.2, -0.15) is 5.10 Å². The van der Waals surface area contributed by atoms with Crippen molar-refractivity contribution in [3.8, 4) is 5.75 Å². The molecule has 0 saturated heterocycles. The number of aromatic nitrogens is 2.